The van der Waals surface area contributed by atoms with E-state index in [1.54, 1.807) is 7.11 Å². The predicted octanol–water partition coefficient (Wildman–Crippen LogP) is 2.92. The van der Waals surface area contributed by atoms with Crippen LogP contribution in [-0.4, -0.2) is 25.6 Å². The number of carbonyl (C=O) groups excluding carboxylic acids is 1. The van der Waals surface area contributed by atoms with Crippen molar-refractivity contribution in [3.05, 3.63) is 28.8 Å². The molecule has 0 amide bonds. The number of hydrogen-bond acceptors (Lipinski definition) is 3. The van der Waals surface area contributed by atoms with Gasteiger partial charge in [-0.2, -0.15) is 0 Å². The zero-order valence-electron chi connectivity index (χ0n) is 11.4. The van der Waals surface area contributed by atoms with E-state index >= 15 is 0 Å². The SMILES string of the molecule is COc1c(C)cc(C(=O)C2OCCC2C)cc1C. The summed E-state index contributed by atoms with van der Waals surface area (Å²) in [6, 6.07) is 3.78. The second-order valence-electron chi connectivity index (χ2n) is 5.06. The zero-order valence-corrected chi connectivity index (χ0v) is 11.4. The number of methoxy groups -OCH3 is 1. The predicted molar refractivity (Wildman–Crippen MR) is 70.3 cm³/mol. The van der Waals surface area contributed by atoms with E-state index in [0.29, 0.717) is 12.5 Å². The van der Waals surface area contributed by atoms with Crippen molar-refractivity contribution in [2.75, 3.05) is 13.7 Å². The molecule has 98 valence electrons. The molecule has 2 atom stereocenters. The first kappa shape index (κ1) is 13.1. The maximum Gasteiger partial charge on any atom is 0.191 e. The minimum absolute atomic E-state index is 0.0915. The number of aryl methyl sites for hydroxylation is 2. The minimum Gasteiger partial charge on any atom is -0.496 e. The van der Waals surface area contributed by atoms with Crippen LogP contribution in [0.25, 0.3) is 0 Å². The lowest BCUT2D eigenvalue weighted by Gasteiger charge is -2.15. The number of Topliss-reactive ketones (excluding diaryl/α,β-unsaturated/α-hetero) is 1. The van der Waals surface area contributed by atoms with Crippen LogP contribution in [0.2, 0.25) is 0 Å². The van der Waals surface area contributed by atoms with Crippen molar-refractivity contribution < 1.29 is 14.3 Å². The fourth-order valence-corrected chi connectivity index (χ4v) is 2.61. The molecule has 1 fully saturated rings. The molecule has 2 rings (SSSR count). The third-order valence-electron chi connectivity index (χ3n) is 3.59. The van der Waals surface area contributed by atoms with E-state index in [1.165, 1.54) is 0 Å². The Bertz CT molecular complexity index is 442. The van der Waals surface area contributed by atoms with E-state index in [4.69, 9.17) is 9.47 Å². The molecule has 0 radical (unpaired) electrons. The highest BCUT2D eigenvalue weighted by Gasteiger charge is 2.31. The summed E-state index contributed by atoms with van der Waals surface area (Å²) in [7, 11) is 1.65. The van der Waals surface area contributed by atoms with Gasteiger partial charge in [0.15, 0.2) is 5.78 Å². The summed E-state index contributed by atoms with van der Waals surface area (Å²) in [4.78, 5) is 12.4. The smallest absolute Gasteiger partial charge is 0.191 e. The fraction of sp³-hybridized carbons (Fsp3) is 0.533. The highest BCUT2D eigenvalue weighted by Crippen LogP contribution is 2.28. The third-order valence-corrected chi connectivity index (χ3v) is 3.59. The molecule has 1 aliphatic rings. The number of ketones is 1. The Balaban J connectivity index is 2.31. The molecule has 18 heavy (non-hydrogen) atoms. The number of rotatable bonds is 3. The van der Waals surface area contributed by atoms with E-state index in [-0.39, 0.29) is 11.9 Å². The highest BCUT2D eigenvalue weighted by atomic mass is 16.5. The van der Waals surface area contributed by atoms with E-state index < -0.39 is 0 Å². The summed E-state index contributed by atoms with van der Waals surface area (Å²) in [5, 5.41) is 0. The Morgan fingerprint density at radius 2 is 1.94 bits per heavy atom. The van der Waals surface area contributed by atoms with Gasteiger partial charge in [0.1, 0.15) is 11.9 Å². The normalized spacial score (nSPS) is 23.1. The molecule has 0 spiro atoms. The van der Waals surface area contributed by atoms with Crippen LogP contribution in [-0.2, 0) is 4.74 Å². The second kappa shape index (κ2) is 5.11. The number of ether oxygens (including phenoxy) is 2. The van der Waals surface area contributed by atoms with E-state index in [0.717, 1.165) is 28.9 Å². The van der Waals surface area contributed by atoms with Crippen LogP contribution in [0, 0.1) is 19.8 Å². The van der Waals surface area contributed by atoms with Crippen LogP contribution in [0.3, 0.4) is 0 Å². The van der Waals surface area contributed by atoms with Gasteiger partial charge in [-0.3, -0.25) is 4.79 Å². The molecule has 2 unspecified atom stereocenters. The monoisotopic (exact) mass is 248 g/mol. The Morgan fingerprint density at radius 3 is 2.39 bits per heavy atom. The third kappa shape index (κ3) is 2.27. The summed E-state index contributed by atoms with van der Waals surface area (Å²) in [5.74, 6) is 1.25. The van der Waals surface area contributed by atoms with Gasteiger partial charge >= 0.3 is 0 Å². The van der Waals surface area contributed by atoms with Gasteiger partial charge in [-0.05, 0) is 49.4 Å². The molecule has 0 N–H and O–H groups in total. The first-order valence-electron chi connectivity index (χ1n) is 6.35. The van der Waals surface area contributed by atoms with Gasteiger partial charge in [0, 0.05) is 12.2 Å². The van der Waals surface area contributed by atoms with Gasteiger partial charge in [-0.15, -0.1) is 0 Å². The van der Waals surface area contributed by atoms with Crippen LogP contribution in [0.5, 0.6) is 5.75 Å². The van der Waals surface area contributed by atoms with Gasteiger partial charge in [0.05, 0.1) is 7.11 Å². The van der Waals surface area contributed by atoms with Crippen molar-refractivity contribution in [2.24, 2.45) is 5.92 Å². The lowest BCUT2D eigenvalue weighted by atomic mass is 9.94. The number of hydrogen-bond donors (Lipinski definition) is 0. The molecule has 1 saturated heterocycles. The molecule has 0 aliphatic carbocycles. The molecule has 3 nitrogen and oxygen atoms in total. The Labute approximate surface area is 108 Å². The van der Waals surface area contributed by atoms with Crippen LogP contribution in [0.4, 0.5) is 0 Å². The summed E-state index contributed by atoms with van der Waals surface area (Å²) in [6.07, 6.45) is 0.682. The lowest BCUT2D eigenvalue weighted by molar-refractivity contribution is 0.0579. The maximum atomic E-state index is 12.4. The molecule has 1 heterocycles. The van der Waals surface area contributed by atoms with Crippen molar-refractivity contribution >= 4 is 5.78 Å². The second-order valence-corrected chi connectivity index (χ2v) is 5.06. The molecule has 1 aliphatic heterocycles. The zero-order chi connectivity index (χ0) is 13.3. The quantitative estimate of drug-likeness (QED) is 0.771. The largest absolute Gasteiger partial charge is 0.496 e. The fourth-order valence-electron chi connectivity index (χ4n) is 2.61. The van der Waals surface area contributed by atoms with Crippen LogP contribution in [0.15, 0.2) is 12.1 Å². The molecule has 0 saturated carbocycles. The van der Waals surface area contributed by atoms with Crippen LogP contribution < -0.4 is 4.74 Å². The highest BCUT2D eigenvalue weighted by molar-refractivity contribution is 6.00. The average Bonchev–Trinajstić information content (AvgIpc) is 2.74. The van der Waals surface area contributed by atoms with Gasteiger partial charge in [0.25, 0.3) is 0 Å². The molecule has 0 bridgehead atoms. The van der Waals surface area contributed by atoms with Crippen LogP contribution in [0.1, 0.15) is 34.8 Å². The summed E-state index contributed by atoms with van der Waals surface area (Å²) in [5.41, 5.74) is 2.71. The van der Waals surface area contributed by atoms with Crippen LogP contribution >= 0.6 is 0 Å². The Kier molecular flexibility index (Phi) is 3.71. The van der Waals surface area contributed by atoms with E-state index in [1.807, 2.05) is 26.0 Å². The molecular weight excluding hydrogens is 228 g/mol. The summed E-state index contributed by atoms with van der Waals surface area (Å²) >= 11 is 0. The molecule has 1 aromatic carbocycles. The van der Waals surface area contributed by atoms with Gasteiger partial charge in [-0.25, -0.2) is 0 Å². The van der Waals surface area contributed by atoms with Crippen molar-refractivity contribution in [3.8, 4) is 5.75 Å². The van der Waals surface area contributed by atoms with E-state index in [2.05, 4.69) is 6.92 Å². The van der Waals surface area contributed by atoms with Crippen molar-refractivity contribution in [2.45, 2.75) is 33.3 Å². The number of benzene rings is 1. The topological polar surface area (TPSA) is 35.5 Å². The van der Waals surface area contributed by atoms with Gasteiger partial charge in [-0.1, -0.05) is 6.92 Å². The van der Waals surface area contributed by atoms with Crippen molar-refractivity contribution in [3.63, 3.8) is 0 Å². The standard InChI is InChI=1S/C15H20O3/c1-9-5-6-18-15(9)13(16)12-7-10(2)14(17-4)11(3)8-12/h7-9,15H,5-6H2,1-4H3. The lowest BCUT2D eigenvalue weighted by Crippen LogP contribution is -2.25. The maximum absolute atomic E-state index is 12.4. The molecule has 0 aromatic heterocycles. The van der Waals surface area contributed by atoms with Crippen molar-refractivity contribution in [1.82, 2.24) is 0 Å². The minimum atomic E-state index is -0.280. The van der Waals surface area contributed by atoms with Crippen molar-refractivity contribution in [1.29, 1.82) is 0 Å². The summed E-state index contributed by atoms with van der Waals surface area (Å²) in [6.45, 7) is 6.67. The Hall–Kier alpha value is -1.35. The van der Waals surface area contributed by atoms with Gasteiger partial charge < -0.3 is 9.47 Å². The molecule has 3 heteroatoms. The Morgan fingerprint density at radius 1 is 1.33 bits per heavy atom. The molecule has 1 aromatic rings. The van der Waals surface area contributed by atoms with Gasteiger partial charge in [0.2, 0.25) is 0 Å². The average molecular weight is 248 g/mol. The number of carbonyl (C=O) groups is 1. The summed E-state index contributed by atoms with van der Waals surface area (Å²) < 4.78 is 10.9. The first-order valence-corrected chi connectivity index (χ1v) is 6.35. The first-order chi connectivity index (χ1) is 8.54. The molecular formula is C15H20O3. The van der Waals surface area contributed by atoms with E-state index in [9.17, 15) is 4.79 Å².